The highest BCUT2D eigenvalue weighted by Crippen LogP contribution is 2.25. The third-order valence-corrected chi connectivity index (χ3v) is 7.41. The number of allylic oxidation sites excluding steroid dienone is 1. The molecule has 6 heteroatoms. The second-order valence-electron chi connectivity index (χ2n) is 7.29. The maximum Gasteiger partial charge on any atom is 0.217 e. The lowest BCUT2D eigenvalue weighted by Gasteiger charge is -2.28. The van der Waals surface area contributed by atoms with E-state index in [1.807, 2.05) is 55.5 Å². The summed E-state index contributed by atoms with van der Waals surface area (Å²) >= 11 is 0. The predicted molar refractivity (Wildman–Crippen MR) is 122 cm³/mol. The van der Waals surface area contributed by atoms with Crippen molar-refractivity contribution in [3.8, 4) is 11.5 Å². The zero-order valence-corrected chi connectivity index (χ0v) is 19.0. The van der Waals surface area contributed by atoms with Crippen LogP contribution in [0.5, 0.6) is 11.5 Å². The van der Waals surface area contributed by atoms with Crippen LogP contribution in [0.4, 0.5) is 0 Å². The first kappa shape index (κ1) is 24.0. The summed E-state index contributed by atoms with van der Waals surface area (Å²) in [6, 6.07) is 15.1. The van der Waals surface area contributed by atoms with E-state index in [4.69, 9.17) is 9.47 Å². The van der Waals surface area contributed by atoms with Gasteiger partial charge in [0, 0.05) is 13.1 Å². The third kappa shape index (κ3) is 6.61. The van der Waals surface area contributed by atoms with Gasteiger partial charge in [0.1, 0.15) is 11.5 Å². The summed E-state index contributed by atoms with van der Waals surface area (Å²) in [5.41, 5.74) is 1.85. The Balaban J connectivity index is 2.34. The molecule has 1 atom stereocenters. The summed E-state index contributed by atoms with van der Waals surface area (Å²) in [5, 5.41) is -0.419. The third-order valence-electron chi connectivity index (χ3n) is 5.12. The van der Waals surface area contributed by atoms with Gasteiger partial charge in [-0.3, -0.25) is 0 Å². The minimum Gasteiger partial charge on any atom is -0.497 e. The Labute approximate surface area is 181 Å². The summed E-state index contributed by atoms with van der Waals surface area (Å²) in [4.78, 5) is 0. The lowest BCUT2D eigenvalue weighted by atomic mass is 10.1. The lowest BCUT2D eigenvalue weighted by Crippen LogP contribution is -2.38. The molecular weight excluding hydrogens is 398 g/mol. The maximum atomic E-state index is 13.6. The summed E-state index contributed by atoms with van der Waals surface area (Å²) in [7, 11) is -0.271. The van der Waals surface area contributed by atoms with Crippen molar-refractivity contribution < 1.29 is 17.9 Å². The monoisotopic (exact) mass is 431 g/mol. The molecule has 0 unspecified atom stereocenters. The van der Waals surface area contributed by atoms with Crippen LogP contribution in [-0.2, 0) is 23.1 Å². The van der Waals surface area contributed by atoms with Crippen LogP contribution < -0.4 is 9.47 Å². The normalized spacial score (nSPS) is 12.5. The Hall–Kier alpha value is -2.31. The molecule has 0 fully saturated rings. The van der Waals surface area contributed by atoms with E-state index in [0.29, 0.717) is 32.4 Å². The van der Waals surface area contributed by atoms with E-state index >= 15 is 0 Å². The molecule has 0 aromatic heterocycles. The maximum absolute atomic E-state index is 13.6. The molecule has 30 heavy (non-hydrogen) atoms. The van der Waals surface area contributed by atoms with Gasteiger partial charge in [-0.25, -0.2) is 8.42 Å². The van der Waals surface area contributed by atoms with Crippen LogP contribution in [-0.4, -0.2) is 32.2 Å². The minimum absolute atomic E-state index is 0.312. The number of ether oxygens (including phenoxy) is 2. The minimum atomic E-state index is -3.50. The largest absolute Gasteiger partial charge is 0.497 e. The van der Waals surface area contributed by atoms with Crippen LogP contribution in [0.3, 0.4) is 0 Å². The van der Waals surface area contributed by atoms with Gasteiger partial charge in [-0.05, 0) is 54.7 Å². The van der Waals surface area contributed by atoms with Crippen molar-refractivity contribution in [2.75, 3.05) is 14.2 Å². The van der Waals surface area contributed by atoms with E-state index in [2.05, 4.69) is 6.58 Å². The molecule has 0 bridgehead atoms. The highest BCUT2D eigenvalue weighted by atomic mass is 32.2. The fourth-order valence-corrected chi connectivity index (χ4v) is 5.43. The first-order valence-electron chi connectivity index (χ1n) is 10.3. The fraction of sp³-hybridized carbons (Fsp3) is 0.417. The molecule has 0 aliphatic heterocycles. The molecule has 164 valence electrons. The standard InChI is InChI=1S/C24H33NO4S/c1-5-7-9-24(8-6-2)30(26,27)25(18-20-10-14-22(28-3)15-11-20)19-21-12-16-23(29-4)17-13-21/h5,10-17,24H,1,6-9,18-19H2,2-4H3/t24-/m1/s1. The van der Waals surface area contributed by atoms with Gasteiger partial charge < -0.3 is 9.47 Å². The van der Waals surface area contributed by atoms with Crippen LogP contribution in [0.15, 0.2) is 61.2 Å². The molecule has 5 nitrogen and oxygen atoms in total. The van der Waals surface area contributed by atoms with Crippen molar-refractivity contribution in [2.45, 2.75) is 50.9 Å². The zero-order chi connectivity index (χ0) is 22.0. The Morgan fingerprint density at radius 2 is 1.37 bits per heavy atom. The predicted octanol–water partition coefficient (Wildman–Crippen LogP) is 5.17. The van der Waals surface area contributed by atoms with Crippen molar-refractivity contribution in [1.29, 1.82) is 0 Å². The van der Waals surface area contributed by atoms with Gasteiger partial charge in [0.15, 0.2) is 0 Å². The van der Waals surface area contributed by atoms with Gasteiger partial charge in [-0.15, -0.1) is 6.58 Å². The second-order valence-corrected chi connectivity index (χ2v) is 9.50. The topological polar surface area (TPSA) is 55.8 Å². The van der Waals surface area contributed by atoms with E-state index in [1.165, 1.54) is 0 Å². The van der Waals surface area contributed by atoms with Crippen molar-refractivity contribution in [3.05, 3.63) is 72.3 Å². The molecule has 0 aliphatic carbocycles. The van der Waals surface area contributed by atoms with Crippen LogP contribution in [0.1, 0.15) is 43.7 Å². The molecule has 0 aliphatic rings. The fourth-order valence-electron chi connectivity index (χ4n) is 3.38. The second kappa shape index (κ2) is 11.8. The summed E-state index contributed by atoms with van der Waals surface area (Å²) < 4.78 is 39.3. The van der Waals surface area contributed by atoms with Crippen LogP contribution in [0.2, 0.25) is 0 Å². The summed E-state index contributed by atoms with van der Waals surface area (Å²) in [6.45, 7) is 6.40. The Morgan fingerprint density at radius 1 is 0.900 bits per heavy atom. The first-order chi connectivity index (χ1) is 14.4. The van der Waals surface area contributed by atoms with Crippen molar-refractivity contribution in [1.82, 2.24) is 4.31 Å². The molecule has 0 spiro atoms. The number of methoxy groups -OCH3 is 2. The molecule has 2 aromatic rings. The highest BCUT2D eigenvalue weighted by molar-refractivity contribution is 7.89. The van der Waals surface area contributed by atoms with Gasteiger partial charge in [-0.1, -0.05) is 43.7 Å². The molecule has 0 N–H and O–H groups in total. The van der Waals surface area contributed by atoms with Crippen molar-refractivity contribution in [3.63, 3.8) is 0 Å². The number of nitrogens with zero attached hydrogens (tertiary/aromatic N) is 1. The average molecular weight is 432 g/mol. The highest BCUT2D eigenvalue weighted by Gasteiger charge is 2.31. The first-order valence-corrected chi connectivity index (χ1v) is 11.8. The molecule has 2 rings (SSSR count). The van der Waals surface area contributed by atoms with E-state index < -0.39 is 15.3 Å². The van der Waals surface area contributed by atoms with E-state index in [0.717, 1.165) is 29.0 Å². The number of hydrogen-bond donors (Lipinski definition) is 0. The number of rotatable bonds is 13. The van der Waals surface area contributed by atoms with Gasteiger partial charge in [0.05, 0.1) is 19.5 Å². The average Bonchev–Trinajstić information content (AvgIpc) is 2.77. The van der Waals surface area contributed by atoms with Gasteiger partial charge in [0.2, 0.25) is 10.0 Å². The molecular formula is C24H33NO4S. The zero-order valence-electron chi connectivity index (χ0n) is 18.2. The van der Waals surface area contributed by atoms with Crippen LogP contribution in [0, 0.1) is 0 Å². The van der Waals surface area contributed by atoms with Crippen molar-refractivity contribution >= 4 is 10.0 Å². The molecule has 2 aromatic carbocycles. The Kier molecular flexibility index (Phi) is 9.40. The molecule has 0 radical (unpaired) electrons. The van der Waals surface area contributed by atoms with Gasteiger partial charge in [0.25, 0.3) is 0 Å². The summed E-state index contributed by atoms with van der Waals surface area (Å²) in [5.74, 6) is 1.50. The number of sulfonamides is 1. The van der Waals surface area contributed by atoms with E-state index in [1.54, 1.807) is 24.6 Å². The number of benzene rings is 2. The Bertz CT molecular complexity index is 827. The summed E-state index contributed by atoms with van der Waals surface area (Å²) in [6.07, 6.45) is 4.51. The van der Waals surface area contributed by atoms with Gasteiger partial charge >= 0.3 is 0 Å². The van der Waals surface area contributed by atoms with E-state index in [9.17, 15) is 8.42 Å². The van der Waals surface area contributed by atoms with E-state index in [-0.39, 0.29) is 0 Å². The molecule has 0 amide bonds. The molecule has 0 heterocycles. The van der Waals surface area contributed by atoms with Crippen molar-refractivity contribution in [2.24, 2.45) is 0 Å². The quantitative estimate of drug-likeness (QED) is 0.411. The SMILES string of the molecule is C=CCC[C@@H](CCC)S(=O)(=O)N(Cc1ccc(OC)cc1)Cc1ccc(OC)cc1. The molecule has 0 saturated carbocycles. The van der Waals surface area contributed by atoms with Crippen LogP contribution in [0.25, 0.3) is 0 Å². The van der Waals surface area contributed by atoms with Gasteiger partial charge in [-0.2, -0.15) is 4.31 Å². The van der Waals surface area contributed by atoms with Crippen LogP contribution >= 0.6 is 0 Å². The Morgan fingerprint density at radius 3 is 1.73 bits per heavy atom. The molecule has 0 saturated heterocycles. The smallest absolute Gasteiger partial charge is 0.217 e. The number of hydrogen-bond acceptors (Lipinski definition) is 4. The lowest BCUT2D eigenvalue weighted by molar-refractivity contribution is 0.386.